The number of amides is 1. The van der Waals surface area contributed by atoms with Crippen LogP contribution >= 0.6 is 15.9 Å². The number of hydrogen-bond donors (Lipinski definition) is 1. The van der Waals surface area contributed by atoms with E-state index < -0.39 is 5.91 Å². The van der Waals surface area contributed by atoms with Crippen molar-refractivity contribution in [3.8, 4) is 0 Å². The van der Waals surface area contributed by atoms with Crippen LogP contribution in [0, 0.1) is 0 Å². The topological polar surface area (TPSA) is 67.8 Å². The number of rotatable bonds is 0. The molecule has 0 bridgehead atoms. The summed E-state index contributed by atoms with van der Waals surface area (Å²) in [4.78, 5) is 10.3. The second-order valence-corrected chi connectivity index (χ2v) is 2.00. The SMILES string of the molecule is NC1=C(Br)C(=O)N=N1. The Morgan fingerprint density at radius 3 is 2.25 bits per heavy atom. The van der Waals surface area contributed by atoms with Crippen molar-refractivity contribution in [1.82, 2.24) is 0 Å². The maximum atomic E-state index is 10.3. The van der Waals surface area contributed by atoms with E-state index in [4.69, 9.17) is 5.73 Å². The first-order valence-corrected chi connectivity index (χ1v) is 2.62. The Kier molecular flexibility index (Phi) is 1.13. The molecule has 0 atom stereocenters. The fraction of sp³-hybridized carbons (Fsp3) is 0. The van der Waals surface area contributed by atoms with Crippen LogP contribution in [0.1, 0.15) is 0 Å². The Labute approximate surface area is 53.6 Å². The highest BCUT2D eigenvalue weighted by Gasteiger charge is 2.14. The van der Waals surface area contributed by atoms with Crippen molar-refractivity contribution in [2.45, 2.75) is 0 Å². The molecule has 0 unspecified atom stereocenters. The molecule has 1 rings (SSSR count). The summed E-state index contributed by atoms with van der Waals surface area (Å²) >= 11 is 2.89. The zero-order valence-electron chi connectivity index (χ0n) is 3.76. The van der Waals surface area contributed by atoms with Gasteiger partial charge in [-0.05, 0) is 15.9 Å². The molecule has 0 aromatic heterocycles. The van der Waals surface area contributed by atoms with Crippen molar-refractivity contribution < 1.29 is 4.79 Å². The minimum Gasteiger partial charge on any atom is -0.381 e. The van der Waals surface area contributed by atoms with E-state index in [1.807, 2.05) is 0 Å². The van der Waals surface area contributed by atoms with Crippen molar-refractivity contribution in [2.75, 3.05) is 0 Å². The first-order chi connectivity index (χ1) is 3.72. The minimum atomic E-state index is -0.414. The van der Waals surface area contributed by atoms with Gasteiger partial charge in [-0.2, -0.15) is 0 Å². The Bertz CT molecular complexity index is 191. The minimum absolute atomic E-state index is 0.148. The molecule has 1 heterocycles. The molecule has 8 heavy (non-hydrogen) atoms. The molecule has 2 N–H and O–H groups in total. The molecule has 0 saturated heterocycles. The molecule has 5 heteroatoms. The molecule has 0 aromatic carbocycles. The van der Waals surface area contributed by atoms with Gasteiger partial charge in [-0.1, -0.05) is 0 Å². The van der Waals surface area contributed by atoms with Crippen LogP contribution in [0.25, 0.3) is 0 Å². The van der Waals surface area contributed by atoms with Crippen LogP contribution in [-0.4, -0.2) is 5.91 Å². The van der Waals surface area contributed by atoms with E-state index in [2.05, 4.69) is 26.2 Å². The molecule has 0 saturated carbocycles. The third kappa shape index (κ3) is 0.645. The standard InChI is InChI=1S/C3H2BrN3O/c4-1-2(5)6-7-3(1)8/h5H2. The molecule has 0 aliphatic carbocycles. The van der Waals surface area contributed by atoms with E-state index in [9.17, 15) is 4.79 Å². The average Bonchev–Trinajstić information content (AvgIpc) is 1.98. The smallest absolute Gasteiger partial charge is 0.306 e. The number of halogens is 1. The van der Waals surface area contributed by atoms with E-state index in [-0.39, 0.29) is 10.3 Å². The molecule has 0 fully saturated rings. The highest BCUT2D eigenvalue weighted by molar-refractivity contribution is 9.12. The number of carbonyl (C=O) groups excluding carboxylic acids is 1. The fourth-order valence-corrected chi connectivity index (χ4v) is 0.455. The van der Waals surface area contributed by atoms with Gasteiger partial charge in [0.15, 0.2) is 5.82 Å². The summed E-state index contributed by atoms with van der Waals surface area (Å²) in [6.45, 7) is 0. The van der Waals surface area contributed by atoms with Crippen molar-refractivity contribution >= 4 is 21.8 Å². The van der Waals surface area contributed by atoms with Crippen LogP contribution in [0.15, 0.2) is 20.5 Å². The molecule has 1 aliphatic heterocycles. The predicted molar refractivity (Wildman–Crippen MR) is 30.0 cm³/mol. The quantitative estimate of drug-likeness (QED) is 0.583. The Morgan fingerprint density at radius 1 is 1.50 bits per heavy atom. The second kappa shape index (κ2) is 1.66. The summed E-state index contributed by atoms with van der Waals surface area (Å²) in [6, 6.07) is 0. The molecule has 1 amide bonds. The maximum Gasteiger partial charge on any atom is 0.306 e. The highest BCUT2D eigenvalue weighted by Crippen LogP contribution is 2.17. The zero-order chi connectivity index (χ0) is 6.15. The molecule has 42 valence electrons. The number of hydrogen-bond acceptors (Lipinski definition) is 3. The average molecular weight is 176 g/mol. The van der Waals surface area contributed by atoms with E-state index >= 15 is 0 Å². The normalized spacial score (nSPS) is 18.4. The van der Waals surface area contributed by atoms with Crippen LogP contribution in [0.3, 0.4) is 0 Å². The molecule has 1 aliphatic rings. The monoisotopic (exact) mass is 175 g/mol. The summed E-state index contributed by atoms with van der Waals surface area (Å²) in [7, 11) is 0. The molecular formula is C3H2BrN3O. The maximum absolute atomic E-state index is 10.3. The Hall–Kier alpha value is -0.710. The largest absolute Gasteiger partial charge is 0.381 e. The molecule has 0 spiro atoms. The number of azo groups is 1. The number of carbonyl (C=O) groups is 1. The zero-order valence-corrected chi connectivity index (χ0v) is 5.34. The highest BCUT2D eigenvalue weighted by atomic mass is 79.9. The van der Waals surface area contributed by atoms with Gasteiger partial charge in [0.2, 0.25) is 0 Å². The van der Waals surface area contributed by atoms with E-state index in [1.165, 1.54) is 0 Å². The van der Waals surface area contributed by atoms with Gasteiger partial charge in [0.05, 0.1) is 0 Å². The summed E-state index contributed by atoms with van der Waals surface area (Å²) < 4.78 is 0.248. The van der Waals surface area contributed by atoms with Crippen LogP contribution < -0.4 is 5.73 Å². The van der Waals surface area contributed by atoms with Gasteiger partial charge < -0.3 is 5.73 Å². The van der Waals surface area contributed by atoms with Gasteiger partial charge in [-0.15, -0.1) is 10.2 Å². The lowest BCUT2D eigenvalue weighted by Crippen LogP contribution is -1.94. The summed E-state index contributed by atoms with van der Waals surface area (Å²) in [5.74, 6) is -0.266. The number of nitrogens with two attached hydrogens (primary N) is 1. The van der Waals surface area contributed by atoms with Crippen molar-refractivity contribution in [3.05, 3.63) is 10.3 Å². The first-order valence-electron chi connectivity index (χ1n) is 1.83. The van der Waals surface area contributed by atoms with Gasteiger partial charge >= 0.3 is 5.91 Å². The van der Waals surface area contributed by atoms with Crippen molar-refractivity contribution in [1.29, 1.82) is 0 Å². The Balaban J connectivity index is 3.02. The molecule has 0 aromatic rings. The van der Waals surface area contributed by atoms with Gasteiger partial charge in [0.1, 0.15) is 4.48 Å². The lowest BCUT2D eigenvalue weighted by molar-refractivity contribution is -0.113. The lowest BCUT2D eigenvalue weighted by Gasteiger charge is -1.79. The predicted octanol–water partition coefficient (Wildman–Crippen LogP) is 0.502. The van der Waals surface area contributed by atoms with Crippen LogP contribution in [0.2, 0.25) is 0 Å². The summed E-state index contributed by atoms with van der Waals surface area (Å²) in [5, 5.41) is 6.42. The van der Waals surface area contributed by atoms with Crippen LogP contribution in [0.5, 0.6) is 0 Å². The second-order valence-electron chi connectivity index (χ2n) is 1.20. The van der Waals surface area contributed by atoms with Crippen molar-refractivity contribution in [3.63, 3.8) is 0 Å². The van der Waals surface area contributed by atoms with Gasteiger partial charge in [0, 0.05) is 0 Å². The van der Waals surface area contributed by atoms with Crippen molar-refractivity contribution in [2.24, 2.45) is 16.0 Å². The third-order valence-corrected chi connectivity index (χ3v) is 1.41. The third-order valence-electron chi connectivity index (χ3n) is 0.661. The lowest BCUT2D eigenvalue weighted by atomic mass is 10.6. The number of nitrogens with zero attached hydrogens (tertiary/aromatic N) is 2. The van der Waals surface area contributed by atoms with Gasteiger partial charge in [-0.3, -0.25) is 4.79 Å². The molecular weight excluding hydrogens is 174 g/mol. The van der Waals surface area contributed by atoms with Crippen LogP contribution in [0.4, 0.5) is 0 Å². The van der Waals surface area contributed by atoms with E-state index in [1.54, 1.807) is 0 Å². The van der Waals surface area contributed by atoms with Gasteiger partial charge in [-0.25, -0.2) is 0 Å². The van der Waals surface area contributed by atoms with Gasteiger partial charge in [0.25, 0.3) is 0 Å². The summed E-state index contributed by atoms with van der Waals surface area (Å²) in [6.07, 6.45) is 0. The molecule has 4 nitrogen and oxygen atoms in total. The van der Waals surface area contributed by atoms with E-state index in [0.717, 1.165) is 0 Å². The first kappa shape index (κ1) is 5.43. The Morgan fingerprint density at radius 2 is 2.12 bits per heavy atom. The molecule has 0 radical (unpaired) electrons. The van der Waals surface area contributed by atoms with E-state index in [0.29, 0.717) is 0 Å². The fourth-order valence-electron chi connectivity index (χ4n) is 0.297. The summed E-state index contributed by atoms with van der Waals surface area (Å²) in [5.41, 5.74) is 5.12. The van der Waals surface area contributed by atoms with Crippen LogP contribution in [-0.2, 0) is 4.79 Å².